The third-order valence-electron chi connectivity index (χ3n) is 3.63. The summed E-state index contributed by atoms with van der Waals surface area (Å²) in [7, 11) is 0. The zero-order valence-corrected chi connectivity index (χ0v) is 14.8. The van der Waals surface area contributed by atoms with Crippen LogP contribution in [0.1, 0.15) is 0 Å². The minimum atomic E-state index is -0.396. The molecule has 0 bridgehead atoms. The fourth-order valence-corrected chi connectivity index (χ4v) is 3.00. The van der Waals surface area contributed by atoms with Crippen molar-refractivity contribution < 1.29 is 9.53 Å². The lowest BCUT2D eigenvalue weighted by molar-refractivity contribution is -0.117. The molecule has 0 spiro atoms. The summed E-state index contributed by atoms with van der Waals surface area (Å²) in [6.07, 6.45) is 0. The lowest BCUT2D eigenvalue weighted by Gasteiger charge is -2.27. The number of hydrogen-bond acceptors (Lipinski definition) is 5. The Morgan fingerprint density at radius 2 is 1.84 bits per heavy atom. The number of carbonyl (C=O) groups excluding carboxylic acids is 1. The Morgan fingerprint density at radius 3 is 2.52 bits per heavy atom. The van der Waals surface area contributed by atoms with Gasteiger partial charge < -0.3 is 15.0 Å². The summed E-state index contributed by atoms with van der Waals surface area (Å²) in [5, 5.41) is 7.75. The maximum atomic E-state index is 12.2. The lowest BCUT2D eigenvalue weighted by atomic mass is 10.3. The third-order valence-corrected chi connectivity index (χ3v) is 4.06. The standard InChI is InChI=1S/C16H16Cl2N4O3/c17-11-7-12(18)9-13(8-11)19-15(23)10-22-16(24)2-1-14(20-22)21-3-5-25-6-4-21/h1-2,7-9H,3-6,10H2,(H,19,23). The van der Waals surface area contributed by atoms with E-state index in [0.29, 0.717) is 47.9 Å². The molecule has 0 aliphatic carbocycles. The summed E-state index contributed by atoms with van der Waals surface area (Å²) in [6, 6.07) is 7.77. The van der Waals surface area contributed by atoms with Crippen molar-refractivity contribution in [2.24, 2.45) is 0 Å². The Bertz CT molecular complexity index is 814. The summed E-state index contributed by atoms with van der Waals surface area (Å²) >= 11 is 11.8. The van der Waals surface area contributed by atoms with Crippen molar-refractivity contribution in [2.75, 3.05) is 36.5 Å². The number of aromatic nitrogens is 2. The Hall–Kier alpha value is -2.09. The van der Waals surface area contributed by atoms with Crippen molar-refractivity contribution in [3.05, 3.63) is 50.7 Å². The van der Waals surface area contributed by atoms with E-state index in [9.17, 15) is 9.59 Å². The van der Waals surface area contributed by atoms with E-state index in [1.165, 1.54) is 6.07 Å². The minimum absolute atomic E-state index is 0.207. The van der Waals surface area contributed by atoms with E-state index in [-0.39, 0.29) is 12.1 Å². The van der Waals surface area contributed by atoms with Crippen molar-refractivity contribution in [1.82, 2.24) is 9.78 Å². The zero-order chi connectivity index (χ0) is 17.8. The van der Waals surface area contributed by atoms with Gasteiger partial charge in [0.05, 0.1) is 13.2 Å². The molecule has 1 N–H and O–H groups in total. The average Bonchev–Trinajstić information content (AvgIpc) is 2.56. The van der Waals surface area contributed by atoms with Crippen LogP contribution in [0.2, 0.25) is 10.0 Å². The zero-order valence-electron chi connectivity index (χ0n) is 13.2. The molecule has 0 atom stereocenters. The van der Waals surface area contributed by atoms with Gasteiger partial charge in [-0.1, -0.05) is 23.2 Å². The molecule has 132 valence electrons. The number of anilines is 2. The second-order valence-electron chi connectivity index (χ2n) is 5.49. The molecule has 1 aliphatic rings. The number of nitrogens with one attached hydrogen (secondary N) is 1. The van der Waals surface area contributed by atoms with E-state index < -0.39 is 5.91 Å². The molecule has 0 radical (unpaired) electrons. The topological polar surface area (TPSA) is 76.5 Å². The molecular formula is C16H16Cl2N4O3. The summed E-state index contributed by atoms with van der Waals surface area (Å²) in [4.78, 5) is 26.2. The molecule has 2 heterocycles. The van der Waals surface area contributed by atoms with Crippen LogP contribution in [0, 0.1) is 0 Å². The summed E-state index contributed by atoms with van der Waals surface area (Å²) < 4.78 is 6.43. The molecule has 9 heteroatoms. The molecule has 1 amide bonds. The molecule has 7 nitrogen and oxygen atoms in total. The largest absolute Gasteiger partial charge is 0.378 e. The van der Waals surface area contributed by atoms with E-state index in [4.69, 9.17) is 27.9 Å². The van der Waals surface area contributed by atoms with Gasteiger partial charge in [-0.2, -0.15) is 5.10 Å². The number of halogens is 2. The van der Waals surface area contributed by atoms with Crippen LogP contribution in [-0.4, -0.2) is 42.0 Å². The van der Waals surface area contributed by atoms with E-state index in [1.54, 1.807) is 24.3 Å². The summed E-state index contributed by atoms with van der Waals surface area (Å²) in [5.74, 6) is 0.244. The number of rotatable bonds is 4. The van der Waals surface area contributed by atoms with Crippen LogP contribution in [0.5, 0.6) is 0 Å². The van der Waals surface area contributed by atoms with E-state index in [2.05, 4.69) is 10.4 Å². The molecular weight excluding hydrogens is 367 g/mol. The first-order chi connectivity index (χ1) is 12.0. The fraction of sp³-hybridized carbons (Fsp3) is 0.312. The van der Waals surface area contributed by atoms with Crippen LogP contribution in [-0.2, 0) is 16.1 Å². The second-order valence-corrected chi connectivity index (χ2v) is 6.37. The smallest absolute Gasteiger partial charge is 0.267 e. The Kier molecular flexibility index (Phi) is 5.57. The number of ether oxygens (including phenoxy) is 1. The highest BCUT2D eigenvalue weighted by atomic mass is 35.5. The summed E-state index contributed by atoms with van der Waals surface area (Å²) in [6.45, 7) is 2.39. The first-order valence-electron chi connectivity index (χ1n) is 7.68. The molecule has 3 rings (SSSR count). The highest BCUT2D eigenvalue weighted by Crippen LogP contribution is 2.22. The van der Waals surface area contributed by atoms with Crippen LogP contribution in [0.25, 0.3) is 0 Å². The SMILES string of the molecule is O=C(Cn1nc(N2CCOCC2)ccc1=O)Nc1cc(Cl)cc(Cl)c1. The van der Waals surface area contributed by atoms with Gasteiger partial charge in [0.25, 0.3) is 5.56 Å². The molecule has 1 saturated heterocycles. The fourth-order valence-electron chi connectivity index (χ4n) is 2.48. The second kappa shape index (κ2) is 7.86. The quantitative estimate of drug-likeness (QED) is 0.875. The lowest BCUT2D eigenvalue weighted by Crippen LogP contribution is -2.38. The van der Waals surface area contributed by atoms with Crippen LogP contribution in [0.15, 0.2) is 35.1 Å². The first-order valence-corrected chi connectivity index (χ1v) is 8.44. The van der Waals surface area contributed by atoms with E-state index in [1.807, 2.05) is 4.90 Å². The van der Waals surface area contributed by atoms with Gasteiger partial charge in [0.2, 0.25) is 5.91 Å². The molecule has 2 aromatic rings. The molecule has 1 fully saturated rings. The number of hydrogen-bond donors (Lipinski definition) is 1. The minimum Gasteiger partial charge on any atom is -0.378 e. The highest BCUT2D eigenvalue weighted by molar-refractivity contribution is 6.35. The van der Waals surface area contributed by atoms with Crippen LogP contribution >= 0.6 is 23.2 Å². The van der Waals surface area contributed by atoms with Gasteiger partial charge in [0, 0.05) is 34.9 Å². The highest BCUT2D eigenvalue weighted by Gasteiger charge is 2.14. The first kappa shape index (κ1) is 17.7. The van der Waals surface area contributed by atoms with Crippen molar-refractivity contribution >= 4 is 40.6 Å². The van der Waals surface area contributed by atoms with Gasteiger partial charge in [-0.15, -0.1) is 0 Å². The third kappa shape index (κ3) is 4.72. The van der Waals surface area contributed by atoms with Crippen LogP contribution in [0.3, 0.4) is 0 Å². The van der Waals surface area contributed by atoms with Gasteiger partial charge in [0.1, 0.15) is 12.4 Å². The molecule has 1 aromatic heterocycles. The van der Waals surface area contributed by atoms with Crippen molar-refractivity contribution in [3.63, 3.8) is 0 Å². The van der Waals surface area contributed by atoms with E-state index in [0.717, 1.165) is 4.68 Å². The maximum Gasteiger partial charge on any atom is 0.267 e. The average molecular weight is 383 g/mol. The van der Waals surface area contributed by atoms with Crippen LogP contribution < -0.4 is 15.8 Å². The van der Waals surface area contributed by atoms with Gasteiger partial charge in [-0.05, 0) is 24.3 Å². The van der Waals surface area contributed by atoms with E-state index >= 15 is 0 Å². The maximum absolute atomic E-state index is 12.2. The number of amides is 1. The van der Waals surface area contributed by atoms with Crippen molar-refractivity contribution in [1.29, 1.82) is 0 Å². The molecule has 1 aromatic carbocycles. The number of nitrogens with zero attached hydrogens (tertiary/aromatic N) is 3. The Morgan fingerprint density at radius 1 is 1.16 bits per heavy atom. The normalized spacial score (nSPS) is 14.4. The number of morpholine rings is 1. The molecule has 25 heavy (non-hydrogen) atoms. The van der Waals surface area contributed by atoms with Crippen molar-refractivity contribution in [3.8, 4) is 0 Å². The van der Waals surface area contributed by atoms with Crippen molar-refractivity contribution in [2.45, 2.75) is 6.54 Å². The molecule has 1 aliphatic heterocycles. The van der Waals surface area contributed by atoms with Gasteiger partial charge in [-0.3, -0.25) is 9.59 Å². The molecule has 0 unspecified atom stereocenters. The number of carbonyl (C=O) groups is 1. The Balaban J connectivity index is 1.72. The predicted molar refractivity (Wildman–Crippen MR) is 96.6 cm³/mol. The van der Waals surface area contributed by atoms with Gasteiger partial charge in [-0.25, -0.2) is 4.68 Å². The predicted octanol–water partition coefficient (Wildman–Crippen LogP) is 2.03. The summed E-state index contributed by atoms with van der Waals surface area (Å²) in [5.41, 5.74) is 0.108. The molecule has 0 saturated carbocycles. The van der Waals surface area contributed by atoms with Crippen LogP contribution in [0.4, 0.5) is 11.5 Å². The van der Waals surface area contributed by atoms with Gasteiger partial charge in [0.15, 0.2) is 0 Å². The monoisotopic (exact) mass is 382 g/mol. The Labute approximate surface area is 154 Å². The number of benzene rings is 1. The van der Waals surface area contributed by atoms with Gasteiger partial charge >= 0.3 is 0 Å².